The zero-order chi connectivity index (χ0) is 14.0. The maximum Gasteiger partial charge on any atom is 0.256 e. The minimum Gasteiger partial charge on any atom is -0.398 e. The molecule has 4 nitrogen and oxygen atoms in total. The van der Waals surface area contributed by atoms with E-state index in [0.717, 1.165) is 15.7 Å². The number of carbonyl (C=O) groups excluding carboxylic acids is 1. The van der Waals surface area contributed by atoms with Gasteiger partial charge >= 0.3 is 0 Å². The minimum atomic E-state index is -0.187. The molecule has 98 valence electrons. The summed E-state index contributed by atoms with van der Waals surface area (Å²) in [4.78, 5) is 16.3. The molecule has 2 aromatic rings. The molecule has 0 fully saturated rings. The van der Waals surface area contributed by atoms with Crippen LogP contribution in [0.1, 0.15) is 21.5 Å². The number of nitrogens with zero attached hydrogens (tertiary/aromatic N) is 1. The molecule has 0 aliphatic heterocycles. The van der Waals surface area contributed by atoms with Crippen LogP contribution >= 0.6 is 15.9 Å². The van der Waals surface area contributed by atoms with Crippen LogP contribution < -0.4 is 11.1 Å². The van der Waals surface area contributed by atoms with Crippen LogP contribution in [-0.4, -0.2) is 10.9 Å². The van der Waals surface area contributed by atoms with Crippen LogP contribution in [0.4, 0.5) is 11.4 Å². The summed E-state index contributed by atoms with van der Waals surface area (Å²) in [5.41, 5.74) is 9.38. The zero-order valence-electron chi connectivity index (χ0n) is 10.7. The first-order valence-electron chi connectivity index (χ1n) is 5.77. The molecule has 1 heterocycles. The topological polar surface area (TPSA) is 68.0 Å². The number of aryl methyl sites for hydroxylation is 1. The predicted molar refractivity (Wildman–Crippen MR) is 80.2 cm³/mol. The predicted octanol–water partition coefficient (Wildman–Crippen LogP) is 3.30. The van der Waals surface area contributed by atoms with Gasteiger partial charge in [-0.1, -0.05) is 6.07 Å². The van der Waals surface area contributed by atoms with Crippen molar-refractivity contribution in [3.05, 3.63) is 51.8 Å². The van der Waals surface area contributed by atoms with Crippen molar-refractivity contribution in [2.45, 2.75) is 13.8 Å². The largest absolute Gasteiger partial charge is 0.398 e. The van der Waals surface area contributed by atoms with Crippen molar-refractivity contribution < 1.29 is 4.79 Å². The number of nitrogens with two attached hydrogens (primary N) is 1. The van der Waals surface area contributed by atoms with Crippen molar-refractivity contribution in [2.24, 2.45) is 0 Å². The van der Waals surface area contributed by atoms with Gasteiger partial charge in [0.05, 0.1) is 11.9 Å². The maximum atomic E-state index is 12.2. The number of aromatic nitrogens is 1. The molecule has 0 unspecified atom stereocenters. The number of nitrogen functional groups attached to an aromatic ring is 1. The molecular weight excluding hydrogens is 306 g/mol. The molecule has 2 rings (SSSR count). The minimum absolute atomic E-state index is 0.187. The lowest BCUT2D eigenvalue weighted by Gasteiger charge is -2.10. The van der Waals surface area contributed by atoms with Gasteiger partial charge in [0.15, 0.2) is 0 Å². The second kappa shape index (κ2) is 5.40. The first kappa shape index (κ1) is 13.5. The van der Waals surface area contributed by atoms with E-state index in [1.54, 1.807) is 24.4 Å². The van der Waals surface area contributed by atoms with Gasteiger partial charge in [0, 0.05) is 11.3 Å². The molecule has 3 N–H and O–H groups in total. The maximum absolute atomic E-state index is 12.2. The van der Waals surface area contributed by atoms with Crippen LogP contribution in [0.3, 0.4) is 0 Å². The summed E-state index contributed by atoms with van der Waals surface area (Å²) in [5, 5.41) is 2.82. The van der Waals surface area contributed by atoms with Gasteiger partial charge in [0.1, 0.15) is 4.60 Å². The van der Waals surface area contributed by atoms with Gasteiger partial charge in [-0.3, -0.25) is 4.79 Å². The monoisotopic (exact) mass is 319 g/mol. The Morgan fingerprint density at radius 1 is 1.37 bits per heavy atom. The van der Waals surface area contributed by atoms with E-state index in [1.807, 2.05) is 19.9 Å². The highest BCUT2D eigenvalue weighted by atomic mass is 79.9. The van der Waals surface area contributed by atoms with Gasteiger partial charge in [-0.2, -0.15) is 0 Å². The molecule has 0 atom stereocenters. The summed E-state index contributed by atoms with van der Waals surface area (Å²) in [6.45, 7) is 3.74. The number of hydrogen-bond acceptors (Lipinski definition) is 3. The van der Waals surface area contributed by atoms with Crippen molar-refractivity contribution in [3.8, 4) is 0 Å². The third-order valence-corrected chi connectivity index (χ3v) is 3.72. The lowest BCUT2D eigenvalue weighted by atomic mass is 10.1. The molecular formula is C14H14BrN3O. The first-order chi connectivity index (χ1) is 8.99. The first-order valence-corrected chi connectivity index (χ1v) is 6.57. The van der Waals surface area contributed by atoms with Crippen LogP contribution in [-0.2, 0) is 0 Å². The third-order valence-electron chi connectivity index (χ3n) is 2.89. The summed E-state index contributed by atoms with van der Waals surface area (Å²) >= 11 is 3.32. The van der Waals surface area contributed by atoms with Crippen molar-refractivity contribution in [1.82, 2.24) is 4.98 Å². The van der Waals surface area contributed by atoms with E-state index >= 15 is 0 Å². The van der Waals surface area contributed by atoms with Crippen molar-refractivity contribution >= 4 is 33.2 Å². The Kier molecular flexibility index (Phi) is 3.85. The zero-order valence-corrected chi connectivity index (χ0v) is 12.3. The van der Waals surface area contributed by atoms with Crippen LogP contribution in [0, 0.1) is 13.8 Å². The Morgan fingerprint density at radius 2 is 2.11 bits per heavy atom. The Labute approximate surface area is 120 Å². The highest BCUT2D eigenvalue weighted by molar-refractivity contribution is 9.10. The van der Waals surface area contributed by atoms with Gasteiger partial charge < -0.3 is 11.1 Å². The summed E-state index contributed by atoms with van der Waals surface area (Å²) in [6, 6.07) is 7.15. The van der Waals surface area contributed by atoms with Crippen molar-refractivity contribution in [2.75, 3.05) is 11.1 Å². The smallest absolute Gasteiger partial charge is 0.256 e. The molecule has 0 saturated carbocycles. The molecule has 0 saturated heterocycles. The van der Waals surface area contributed by atoms with Gasteiger partial charge in [-0.25, -0.2) is 4.98 Å². The highest BCUT2D eigenvalue weighted by Gasteiger charge is 2.11. The number of amides is 1. The number of rotatable bonds is 2. The van der Waals surface area contributed by atoms with Gasteiger partial charge in [-0.15, -0.1) is 0 Å². The SMILES string of the molecule is Cc1cc(NC(=O)c2cccc(N)c2C)cnc1Br. The number of anilines is 2. The number of pyridine rings is 1. The average molecular weight is 320 g/mol. The number of benzene rings is 1. The summed E-state index contributed by atoms with van der Waals surface area (Å²) in [7, 11) is 0. The number of nitrogens with one attached hydrogen (secondary N) is 1. The molecule has 1 aromatic heterocycles. The normalized spacial score (nSPS) is 10.3. The highest BCUT2D eigenvalue weighted by Crippen LogP contribution is 2.19. The number of halogens is 1. The Balaban J connectivity index is 2.26. The van der Waals surface area contributed by atoms with E-state index in [0.29, 0.717) is 16.9 Å². The molecule has 1 amide bonds. The van der Waals surface area contributed by atoms with E-state index in [2.05, 4.69) is 26.2 Å². The molecule has 0 radical (unpaired) electrons. The Hall–Kier alpha value is -1.88. The number of carbonyl (C=O) groups is 1. The Bertz CT molecular complexity index is 641. The second-order valence-corrected chi connectivity index (χ2v) is 5.06. The fourth-order valence-electron chi connectivity index (χ4n) is 1.72. The quantitative estimate of drug-likeness (QED) is 0.659. The standard InChI is InChI=1S/C14H14BrN3O/c1-8-6-10(7-17-13(8)15)18-14(19)11-4-3-5-12(16)9(11)2/h3-7H,16H2,1-2H3,(H,18,19). The molecule has 0 spiro atoms. The van der Waals surface area contributed by atoms with E-state index in [9.17, 15) is 4.79 Å². The van der Waals surface area contributed by atoms with Gasteiger partial charge in [0.25, 0.3) is 5.91 Å². The average Bonchev–Trinajstić information content (AvgIpc) is 2.37. The van der Waals surface area contributed by atoms with Gasteiger partial charge in [-0.05, 0) is 59.1 Å². The molecule has 1 aromatic carbocycles. The molecule has 5 heteroatoms. The molecule has 0 bridgehead atoms. The van der Waals surface area contributed by atoms with Crippen LogP contribution in [0.5, 0.6) is 0 Å². The van der Waals surface area contributed by atoms with Crippen LogP contribution in [0.15, 0.2) is 35.1 Å². The summed E-state index contributed by atoms with van der Waals surface area (Å²) in [5.74, 6) is -0.187. The lowest BCUT2D eigenvalue weighted by Crippen LogP contribution is -2.14. The second-order valence-electron chi connectivity index (χ2n) is 4.31. The van der Waals surface area contributed by atoms with Gasteiger partial charge in [0.2, 0.25) is 0 Å². The summed E-state index contributed by atoms with van der Waals surface area (Å²) < 4.78 is 0.769. The van der Waals surface area contributed by atoms with Crippen LogP contribution in [0.2, 0.25) is 0 Å². The van der Waals surface area contributed by atoms with Crippen molar-refractivity contribution in [3.63, 3.8) is 0 Å². The molecule has 0 aliphatic carbocycles. The molecule has 19 heavy (non-hydrogen) atoms. The van der Waals surface area contributed by atoms with E-state index in [4.69, 9.17) is 5.73 Å². The number of hydrogen-bond donors (Lipinski definition) is 2. The van der Waals surface area contributed by atoms with Crippen molar-refractivity contribution in [1.29, 1.82) is 0 Å². The summed E-state index contributed by atoms with van der Waals surface area (Å²) in [6.07, 6.45) is 1.61. The van der Waals surface area contributed by atoms with E-state index in [1.165, 1.54) is 0 Å². The van der Waals surface area contributed by atoms with Crippen LogP contribution in [0.25, 0.3) is 0 Å². The Morgan fingerprint density at radius 3 is 2.79 bits per heavy atom. The lowest BCUT2D eigenvalue weighted by molar-refractivity contribution is 0.102. The fourth-order valence-corrected chi connectivity index (χ4v) is 1.94. The third kappa shape index (κ3) is 2.93. The fraction of sp³-hybridized carbons (Fsp3) is 0.143. The molecule has 0 aliphatic rings. The van der Waals surface area contributed by atoms with E-state index in [-0.39, 0.29) is 5.91 Å². The van der Waals surface area contributed by atoms with E-state index < -0.39 is 0 Å².